The summed E-state index contributed by atoms with van der Waals surface area (Å²) in [6, 6.07) is 27.5. The maximum Gasteiger partial charge on any atom is 0.453 e. The molecule has 0 saturated heterocycles. The summed E-state index contributed by atoms with van der Waals surface area (Å²) in [5.41, 5.74) is 0.791. The van der Waals surface area contributed by atoms with Crippen LogP contribution in [0.2, 0.25) is 0 Å². The zero-order chi connectivity index (χ0) is 26.5. The van der Waals surface area contributed by atoms with E-state index >= 15 is 0 Å². The molecule has 190 valence electrons. The molecule has 0 aliphatic rings. The third kappa shape index (κ3) is 6.42. The van der Waals surface area contributed by atoms with Gasteiger partial charge in [-0.1, -0.05) is 54.1 Å². The highest BCUT2D eigenvalue weighted by Crippen LogP contribution is 2.59. The van der Waals surface area contributed by atoms with Crippen LogP contribution >= 0.6 is 7.60 Å². The minimum atomic E-state index is -4.42. The van der Waals surface area contributed by atoms with Crippen molar-refractivity contribution in [2.75, 3.05) is 0 Å². The molecule has 0 aliphatic heterocycles. The van der Waals surface area contributed by atoms with Gasteiger partial charge in [-0.3, -0.25) is 10.1 Å². The maximum absolute atomic E-state index is 14.5. The van der Waals surface area contributed by atoms with Crippen LogP contribution in [-0.2, 0) is 14.6 Å². The Kier molecular flexibility index (Phi) is 7.73. The second kappa shape index (κ2) is 11.0. The molecule has 0 spiro atoms. The van der Waals surface area contributed by atoms with Crippen LogP contribution in [0.25, 0.3) is 0 Å². The molecular weight excluding hydrogens is 515 g/mol. The molecule has 0 aliphatic carbocycles. The van der Waals surface area contributed by atoms with Gasteiger partial charge in [0.05, 0.1) is 9.82 Å². The highest BCUT2D eigenvalue weighted by molar-refractivity contribution is 7.89. The first-order chi connectivity index (χ1) is 17.7. The molecule has 0 bridgehead atoms. The lowest BCUT2D eigenvalue weighted by molar-refractivity contribution is -0.384. The molecule has 1 unspecified atom stereocenters. The molecule has 9 nitrogen and oxygen atoms in total. The van der Waals surface area contributed by atoms with E-state index in [0.717, 1.165) is 5.56 Å². The number of nitrogens with zero attached hydrogens (tertiary/aromatic N) is 1. The number of sulfonamides is 1. The van der Waals surface area contributed by atoms with Crippen LogP contribution in [-0.4, -0.2) is 13.3 Å². The molecule has 4 aromatic rings. The van der Waals surface area contributed by atoms with Crippen molar-refractivity contribution in [2.45, 2.75) is 17.6 Å². The first-order valence-electron chi connectivity index (χ1n) is 11.1. The first-order valence-corrected chi connectivity index (χ1v) is 14.2. The molecule has 0 aromatic heterocycles. The van der Waals surface area contributed by atoms with E-state index in [4.69, 9.17) is 9.05 Å². The fraction of sp³-hybridized carbons (Fsp3) is 0.0769. The van der Waals surface area contributed by atoms with E-state index in [2.05, 4.69) is 4.72 Å². The number of hydrogen-bond donors (Lipinski definition) is 1. The van der Waals surface area contributed by atoms with Gasteiger partial charge in [-0.2, -0.15) is 4.72 Å². The van der Waals surface area contributed by atoms with E-state index in [1.165, 1.54) is 36.4 Å². The fourth-order valence-corrected chi connectivity index (χ4v) is 7.02. The highest BCUT2D eigenvalue weighted by atomic mass is 32.2. The summed E-state index contributed by atoms with van der Waals surface area (Å²) in [6.45, 7) is 1.82. The van der Waals surface area contributed by atoms with Gasteiger partial charge in [0, 0.05) is 12.1 Å². The van der Waals surface area contributed by atoms with Gasteiger partial charge in [0.25, 0.3) is 5.69 Å². The topological polar surface area (TPSA) is 125 Å². The number of non-ortho nitro benzene ring substituents is 1. The van der Waals surface area contributed by atoms with Gasteiger partial charge in [-0.25, -0.2) is 13.0 Å². The maximum atomic E-state index is 14.5. The summed E-state index contributed by atoms with van der Waals surface area (Å²) in [5.74, 6) is -1.19. The lowest BCUT2D eigenvalue weighted by atomic mass is 10.2. The third-order valence-electron chi connectivity index (χ3n) is 5.29. The van der Waals surface area contributed by atoms with Gasteiger partial charge in [0.1, 0.15) is 11.5 Å². The Labute approximate surface area is 214 Å². The van der Waals surface area contributed by atoms with Gasteiger partial charge < -0.3 is 9.05 Å². The molecule has 1 atom stereocenters. The number of rotatable bonds is 10. The zero-order valence-corrected chi connectivity index (χ0v) is 21.3. The van der Waals surface area contributed by atoms with Crippen molar-refractivity contribution in [2.24, 2.45) is 0 Å². The Balaban J connectivity index is 1.84. The van der Waals surface area contributed by atoms with E-state index in [-0.39, 0.29) is 27.6 Å². The molecular formula is C26H23N2O7PS. The van der Waals surface area contributed by atoms with Crippen molar-refractivity contribution in [3.8, 4) is 11.5 Å². The van der Waals surface area contributed by atoms with Crippen LogP contribution in [0.5, 0.6) is 11.5 Å². The summed E-state index contributed by atoms with van der Waals surface area (Å²) in [5, 5.41) is 11.2. The molecule has 37 heavy (non-hydrogen) atoms. The molecule has 4 aromatic carbocycles. The van der Waals surface area contributed by atoms with Gasteiger partial charge in [0.2, 0.25) is 10.0 Å². The first kappa shape index (κ1) is 26.1. The molecule has 1 N–H and O–H groups in total. The average Bonchev–Trinajstić information content (AvgIpc) is 2.89. The normalized spacial score (nSPS) is 12.5. The standard InChI is InChI=1S/C26H23N2O7PS/c1-20-12-18-25(19-13-20)37(32,33)27-26(21-14-16-22(17-15-21)28(29)30)36(31,34-23-8-4-2-5-9-23)35-24-10-6-3-7-11-24/h2-19,26-27H,1H3. The van der Waals surface area contributed by atoms with Gasteiger partial charge in [-0.05, 0) is 61.0 Å². The van der Waals surface area contributed by atoms with Crippen LogP contribution in [0.4, 0.5) is 5.69 Å². The van der Waals surface area contributed by atoms with Gasteiger partial charge in [0.15, 0.2) is 5.78 Å². The predicted molar refractivity (Wildman–Crippen MR) is 139 cm³/mol. The van der Waals surface area contributed by atoms with Gasteiger partial charge in [-0.15, -0.1) is 0 Å². The molecule has 0 radical (unpaired) electrons. The van der Waals surface area contributed by atoms with Crippen LogP contribution in [0, 0.1) is 17.0 Å². The van der Waals surface area contributed by atoms with Crippen LogP contribution in [0.3, 0.4) is 0 Å². The number of para-hydroxylation sites is 2. The van der Waals surface area contributed by atoms with Crippen LogP contribution in [0.15, 0.2) is 114 Å². The number of hydrogen-bond acceptors (Lipinski definition) is 7. The Bertz CT molecular complexity index is 1470. The minimum absolute atomic E-state index is 0.0593. The molecule has 0 amide bonds. The summed E-state index contributed by atoms with van der Waals surface area (Å²) in [7, 11) is -8.66. The Morgan fingerprint density at radius 3 is 1.73 bits per heavy atom. The Morgan fingerprint density at radius 1 is 0.784 bits per heavy atom. The van der Waals surface area contributed by atoms with Crippen molar-refractivity contribution >= 4 is 23.3 Å². The minimum Gasteiger partial charge on any atom is -0.415 e. The molecule has 11 heteroatoms. The van der Waals surface area contributed by atoms with E-state index in [0.29, 0.717) is 0 Å². The van der Waals surface area contributed by atoms with Crippen molar-refractivity contribution in [3.63, 3.8) is 0 Å². The SMILES string of the molecule is Cc1ccc(S(=O)(=O)NC(c2ccc([N+](=O)[O-])cc2)P(=O)(Oc2ccccc2)Oc2ccccc2)cc1. The number of aryl methyl sites for hydroxylation is 1. The summed E-state index contributed by atoms with van der Waals surface area (Å²) in [6.07, 6.45) is 0. The van der Waals surface area contributed by atoms with Gasteiger partial charge >= 0.3 is 7.60 Å². The van der Waals surface area contributed by atoms with Crippen molar-refractivity contribution in [3.05, 3.63) is 130 Å². The van der Waals surface area contributed by atoms with E-state index in [1.54, 1.807) is 72.8 Å². The highest BCUT2D eigenvalue weighted by Gasteiger charge is 2.43. The smallest absolute Gasteiger partial charge is 0.415 e. The summed E-state index contributed by atoms with van der Waals surface area (Å²) in [4.78, 5) is 10.5. The predicted octanol–water partition coefficient (Wildman–Crippen LogP) is 6.23. The van der Waals surface area contributed by atoms with Crippen LogP contribution in [0.1, 0.15) is 16.9 Å². The van der Waals surface area contributed by atoms with E-state index in [9.17, 15) is 23.1 Å². The lowest BCUT2D eigenvalue weighted by Gasteiger charge is -2.28. The fourth-order valence-electron chi connectivity index (χ4n) is 3.41. The van der Waals surface area contributed by atoms with E-state index in [1.807, 2.05) is 6.92 Å². The van der Waals surface area contributed by atoms with Crippen molar-refractivity contribution < 1.29 is 27.0 Å². The Hall–Kier alpha value is -3.98. The third-order valence-corrected chi connectivity index (χ3v) is 8.89. The molecule has 4 rings (SSSR count). The Morgan fingerprint density at radius 2 is 1.27 bits per heavy atom. The number of nitro groups is 1. The molecule has 0 fully saturated rings. The van der Waals surface area contributed by atoms with Crippen molar-refractivity contribution in [1.29, 1.82) is 0 Å². The zero-order valence-electron chi connectivity index (χ0n) is 19.6. The average molecular weight is 539 g/mol. The summed E-state index contributed by atoms with van der Waals surface area (Å²) >= 11 is 0. The number of nitro benzene ring substituents is 1. The quantitative estimate of drug-likeness (QED) is 0.144. The largest absolute Gasteiger partial charge is 0.453 e. The second-order valence-corrected chi connectivity index (χ2v) is 11.7. The lowest BCUT2D eigenvalue weighted by Crippen LogP contribution is -2.31. The van der Waals surface area contributed by atoms with E-state index < -0.39 is 28.3 Å². The summed E-state index contributed by atoms with van der Waals surface area (Å²) < 4.78 is 55.5. The second-order valence-electron chi connectivity index (χ2n) is 8.03. The number of benzene rings is 4. The van der Waals surface area contributed by atoms with Crippen LogP contribution < -0.4 is 13.8 Å². The van der Waals surface area contributed by atoms with Crippen molar-refractivity contribution in [1.82, 2.24) is 4.72 Å². The number of nitrogens with one attached hydrogen (secondary N) is 1. The monoisotopic (exact) mass is 538 g/mol. The molecule has 0 saturated carbocycles. The molecule has 0 heterocycles.